The van der Waals surface area contributed by atoms with E-state index >= 15 is 0 Å². The van der Waals surface area contributed by atoms with Crippen molar-refractivity contribution in [3.05, 3.63) is 23.9 Å². The Hall–Kier alpha value is -1.13. The number of aliphatic hydroxyl groups excluding tert-OH is 1. The molecule has 4 nitrogen and oxygen atoms in total. The number of nitrogen functional groups attached to an aromatic ring is 1. The van der Waals surface area contributed by atoms with Gasteiger partial charge in [-0.25, -0.2) is 4.98 Å². The minimum Gasteiger partial charge on any atom is -0.391 e. The maximum atomic E-state index is 10.4. The summed E-state index contributed by atoms with van der Waals surface area (Å²) in [5.74, 6) is 0.498. The SMILES string of the molecule is CCC(C)(C(O)Cc1ccnc(N)c1)N(C)C. The Morgan fingerprint density at radius 2 is 2.18 bits per heavy atom. The molecule has 2 unspecified atom stereocenters. The highest BCUT2D eigenvalue weighted by atomic mass is 16.3. The van der Waals surface area contributed by atoms with Gasteiger partial charge in [-0.2, -0.15) is 0 Å². The highest BCUT2D eigenvalue weighted by Crippen LogP contribution is 2.23. The van der Waals surface area contributed by atoms with Crippen molar-refractivity contribution in [1.82, 2.24) is 9.88 Å². The number of aliphatic hydroxyl groups is 1. The van der Waals surface area contributed by atoms with Gasteiger partial charge in [0.1, 0.15) is 5.82 Å². The van der Waals surface area contributed by atoms with E-state index in [4.69, 9.17) is 5.73 Å². The van der Waals surface area contributed by atoms with Crippen LogP contribution in [0.25, 0.3) is 0 Å². The summed E-state index contributed by atoms with van der Waals surface area (Å²) in [5.41, 5.74) is 6.43. The van der Waals surface area contributed by atoms with Crippen LogP contribution in [0.1, 0.15) is 25.8 Å². The Balaban J connectivity index is 2.81. The number of nitrogens with two attached hydrogens (primary N) is 1. The van der Waals surface area contributed by atoms with Gasteiger partial charge in [0.25, 0.3) is 0 Å². The number of anilines is 1. The first kappa shape index (κ1) is 13.9. The van der Waals surface area contributed by atoms with Crippen LogP contribution < -0.4 is 5.73 Å². The lowest BCUT2D eigenvalue weighted by Crippen LogP contribution is -2.51. The van der Waals surface area contributed by atoms with E-state index in [1.54, 1.807) is 6.20 Å². The lowest BCUT2D eigenvalue weighted by atomic mass is 9.86. The van der Waals surface area contributed by atoms with Crippen molar-refractivity contribution in [3.8, 4) is 0 Å². The summed E-state index contributed by atoms with van der Waals surface area (Å²) >= 11 is 0. The number of rotatable bonds is 5. The molecule has 0 aliphatic heterocycles. The van der Waals surface area contributed by atoms with E-state index < -0.39 is 6.10 Å². The predicted octanol–water partition coefficient (Wildman–Crippen LogP) is 1.30. The first-order valence-electron chi connectivity index (χ1n) is 5.96. The van der Waals surface area contributed by atoms with Crippen LogP contribution in [-0.2, 0) is 6.42 Å². The molecule has 1 rings (SSSR count). The van der Waals surface area contributed by atoms with E-state index in [1.807, 2.05) is 26.2 Å². The maximum absolute atomic E-state index is 10.4. The Bertz CT molecular complexity index is 367. The molecule has 4 heteroatoms. The zero-order valence-corrected chi connectivity index (χ0v) is 11.1. The third kappa shape index (κ3) is 3.17. The van der Waals surface area contributed by atoms with Crippen molar-refractivity contribution < 1.29 is 5.11 Å². The average Bonchev–Trinajstić information content (AvgIpc) is 2.27. The number of likely N-dealkylation sites (N-methyl/N-ethyl adjacent to an activating group) is 1. The van der Waals surface area contributed by atoms with Crippen LogP contribution >= 0.6 is 0 Å². The smallest absolute Gasteiger partial charge is 0.123 e. The summed E-state index contributed by atoms with van der Waals surface area (Å²) in [4.78, 5) is 6.02. The second kappa shape index (κ2) is 5.47. The van der Waals surface area contributed by atoms with E-state index in [9.17, 15) is 5.11 Å². The largest absolute Gasteiger partial charge is 0.391 e. The molecule has 1 aromatic heterocycles. The van der Waals surface area contributed by atoms with Gasteiger partial charge in [0.15, 0.2) is 0 Å². The highest BCUT2D eigenvalue weighted by Gasteiger charge is 2.33. The summed E-state index contributed by atoms with van der Waals surface area (Å²) in [5, 5.41) is 10.4. The molecular weight excluding hydrogens is 214 g/mol. The van der Waals surface area contributed by atoms with Crippen LogP contribution in [0.5, 0.6) is 0 Å². The summed E-state index contributed by atoms with van der Waals surface area (Å²) in [6.07, 6.45) is 2.73. The molecule has 0 spiro atoms. The molecule has 96 valence electrons. The number of hydrogen-bond acceptors (Lipinski definition) is 4. The molecule has 0 aliphatic carbocycles. The summed E-state index contributed by atoms with van der Waals surface area (Å²) in [6.45, 7) is 4.16. The molecule has 0 bridgehead atoms. The van der Waals surface area contributed by atoms with E-state index in [-0.39, 0.29) is 5.54 Å². The van der Waals surface area contributed by atoms with Crippen LogP contribution in [0.3, 0.4) is 0 Å². The Morgan fingerprint density at radius 1 is 1.53 bits per heavy atom. The fraction of sp³-hybridized carbons (Fsp3) is 0.615. The van der Waals surface area contributed by atoms with Crippen LogP contribution in [0.15, 0.2) is 18.3 Å². The van der Waals surface area contributed by atoms with Gasteiger partial charge >= 0.3 is 0 Å². The molecule has 3 N–H and O–H groups in total. The third-order valence-electron chi connectivity index (χ3n) is 3.73. The van der Waals surface area contributed by atoms with Crippen molar-refractivity contribution in [2.45, 2.75) is 38.3 Å². The third-order valence-corrected chi connectivity index (χ3v) is 3.73. The minimum absolute atomic E-state index is 0.224. The standard InChI is InChI=1S/C13H23N3O/c1-5-13(2,16(3)4)11(17)8-10-6-7-15-12(14)9-10/h6-7,9,11,17H,5,8H2,1-4H3,(H2,14,15). The molecule has 2 atom stereocenters. The maximum Gasteiger partial charge on any atom is 0.123 e. The van der Waals surface area contributed by atoms with E-state index in [2.05, 4.69) is 23.7 Å². The van der Waals surface area contributed by atoms with Gasteiger partial charge in [0.05, 0.1) is 6.10 Å². The number of nitrogens with zero attached hydrogens (tertiary/aromatic N) is 2. The van der Waals surface area contributed by atoms with Crippen molar-refractivity contribution in [2.75, 3.05) is 19.8 Å². The van der Waals surface area contributed by atoms with Gasteiger partial charge in [0.2, 0.25) is 0 Å². The van der Waals surface area contributed by atoms with Gasteiger partial charge in [-0.15, -0.1) is 0 Å². The Kier molecular flexibility index (Phi) is 4.48. The molecule has 17 heavy (non-hydrogen) atoms. The molecule has 0 aromatic carbocycles. The predicted molar refractivity (Wildman–Crippen MR) is 70.7 cm³/mol. The van der Waals surface area contributed by atoms with Crippen LogP contribution in [0, 0.1) is 0 Å². The fourth-order valence-electron chi connectivity index (χ4n) is 1.91. The summed E-state index contributed by atoms with van der Waals surface area (Å²) in [6, 6.07) is 3.71. The summed E-state index contributed by atoms with van der Waals surface area (Å²) in [7, 11) is 3.99. The summed E-state index contributed by atoms with van der Waals surface area (Å²) < 4.78 is 0. The van der Waals surface area contributed by atoms with Crippen LogP contribution in [-0.4, -0.2) is 40.7 Å². The normalized spacial score (nSPS) is 16.8. The average molecular weight is 237 g/mol. The quantitative estimate of drug-likeness (QED) is 0.810. The number of aromatic nitrogens is 1. The number of hydrogen-bond donors (Lipinski definition) is 2. The zero-order valence-electron chi connectivity index (χ0n) is 11.1. The molecule has 1 aromatic rings. The van der Waals surface area contributed by atoms with Gasteiger partial charge in [-0.05, 0) is 45.1 Å². The molecule has 0 amide bonds. The zero-order chi connectivity index (χ0) is 13.1. The van der Waals surface area contributed by atoms with Crippen molar-refractivity contribution in [1.29, 1.82) is 0 Å². The van der Waals surface area contributed by atoms with Gasteiger partial charge in [0, 0.05) is 18.2 Å². The van der Waals surface area contributed by atoms with Crippen molar-refractivity contribution >= 4 is 5.82 Å². The molecule has 0 fully saturated rings. The van der Waals surface area contributed by atoms with Crippen molar-refractivity contribution in [2.24, 2.45) is 0 Å². The first-order chi connectivity index (χ1) is 7.90. The van der Waals surface area contributed by atoms with Crippen molar-refractivity contribution in [3.63, 3.8) is 0 Å². The number of pyridine rings is 1. The minimum atomic E-state index is -0.427. The molecule has 1 heterocycles. The van der Waals surface area contributed by atoms with Crippen LogP contribution in [0.2, 0.25) is 0 Å². The van der Waals surface area contributed by atoms with Crippen LogP contribution in [0.4, 0.5) is 5.82 Å². The second-order valence-corrected chi connectivity index (χ2v) is 4.91. The molecule has 0 saturated carbocycles. The van der Waals surface area contributed by atoms with E-state index in [1.165, 1.54) is 0 Å². The fourth-order valence-corrected chi connectivity index (χ4v) is 1.91. The van der Waals surface area contributed by atoms with Gasteiger partial charge in [-0.1, -0.05) is 6.92 Å². The molecule has 0 aliphatic rings. The monoisotopic (exact) mass is 237 g/mol. The van der Waals surface area contributed by atoms with E-state index in [0.717, 1.165) is 12.0 Å². The molecular formula is C13H23N3O. The molecule has 0 radical (unpaired) electrons. The van der Waals surface area contributed by atoms with Gasteiger partial charge in [-0.3, -0.25) is 0 Å². The second-order valence-electron chi connectivity index (χ2n) is 4.91. The van der Waals surface area contributed by atoms with E-state index in [0.29, 0.717) is 12.2 Å². The molecule has 0 saturated heterocycles. The highest BCUT2D eigenvalue weighted by molar-refractivity contribution is 5.32. The lowest BCUT2D eigenvalue weighted by molar-refractivity contribution is 0.00301. The lowest BCUT2D eigenvalue weighted by Gasteiger charge is -2.40. The first-order valence-corrected chi connectivity index (χ1v) is 5.96. The Morgan fingerprint density at radius 3 is 2.65 bits per heavy atom. The Labute approximate surface area is 103 Å². The topological polar surface area (TPSA) is 62.4 Å². The van der Waals surface area contributed by atoms with Gasteiger partial charge < -0.3 is 15.7 Å².